The molecule has 0 bridgehead atoms. The molecule has 17 heavy (non-hydrogen) atoms. The molecular weight excluding hydrogens is 242 g/mol. The number of anilines is 1. The Bertz CT molecular complexity index is 535. The van der Waals surface area contributed by atoms with Crippen LogP contribution < -0.4 is 4.90 Å². The van der Waals surface area contributed by atoms with Gasteiger partial charge >= 0.3 is 0 Å². The second kappa shape index (κ2) is 4.12. The van der Waals surface area contributed by atoms with Crippen LogP contribution in [0.15, 0.2) is 29.2 Å². The number of hydrogen-bond acceptors (Lipinski definition) is 4. The summed E-state index contributed by atoms with van der Waals surface area (Å²) in [6.45, 7) is 0.457. The van der Waals surface area contributed by atoms with E-state index in [-0.39, 0.29) is 10.8 Å². The van der Waals surface area contributed by atoms with Gasteiger partial charge in [-0.05, 0) is 24.3 Å². The van der Waals surface area contributed by atoms with Crippen LogP contribution in [0.4, 0.5) is 5.69 Å². The highest BCUT2D eigenvalue weighted by atomic mass is 32.2. The quantitative estimate of drug-likeness (QED) is 0.818. The van der Waals surface area contributed by atoms with Crippen LogP contribution in [0.2, 0.25) is 0 Å². The van der Waals surface area contributed by atoms with Gasteiger partial charge in [-0.25, -0.2) is 8.42 Å². The van der Waals surface area contributed by atoms with E-state index in [4.69, 9.17) is 0 Å². The lowest BCUT2D eigenvalue weighted by Crippen LogP contribution is -2.28. The van der Waals surface area contributed by atoms with Gasteiger partial charge in [-0.1, -0.05) is 0 Å². The summed E-state index contributed by atoms with van der Waals surface area (Å²) < 4.78 is 22.5. The average molecular weight is 255 g/mol. The molecule has 1 aromatic carbocycles. The Labute approximate surface area is 99.6 Å². The van der Waals surface area contributed by atoms with Crippen molar-refractivity contribution < 1.29 is 18.3 Å². The molecule has 1 saturated heterocycles. The summed E-state index contributed by atoms with van der Waals surface area (Å²) in [5.41, 5.74) is 0.610. The smallest absolute Gasteiger partial charge is 0.255 e. The maximum absolute atomic E-state index is 11.5. The van der Waals surface area contributed by atoms with Gasteiger partial charge in [0.2, 0.25) is 0 Å². The van der Waals surface area contributed by atoms with Crippen LogP contribution >= 0.6 is 0 Å². The summed E-state index contributed by atoms with van der Waals surface area (Å²) in [6.07, 6.45) is 0.601. The predicted molar refractivity (Wildman–Crippen MR) is 62.5 cm³/mol. The minimum atomic E-state index is -3.22. The van der Waals surface area contributed by atoms with E-state index < -0.39 is 15.9 Å². The molecule has 1 aromatic rings. The maximum Gasteiger partial charge on any atom is 0.255 e. The molecule has 1 N–H and O–H groups in total. The van der Waals surface area contributed by atoms with E-state index in [0.717, 1.165) is 6.26 Å². The zero-order chi connectivity index (χ0) is 12.6. The highest BCUT2D eigenvalue weighted by molar-refractivity contribution is 7.90. The van der Waals surface area contributed by atoms with Crippen LogP contribution in [-0.4, -0.2) is 38.3 Å². The summed E-state index contributed by atoms with van der Waals surface area (Å²) in [5, 5.41) is 9.33. The molecule has 0 aliphatic carbocycles. The van der Waals surface area contributed by atoms with Gasteiger partial charge in [0.05, 0.1) is 4.90 Å². The number of rotatable bonds is 2. The Kier molecular flexibility index (Phi) is 2.92. The van der Waals surface area contributed by atoms with E-state index in [2.05, 4.69) is 0 Å². The number of sulfone groups is 1. The standard InChI is InChI=1S/C11H13NO4S/c1-17(15,16)9-4-2-8(3-5-9)12-7-6-10(13)11(12)14/h2-5,10,13H,6-7H2,1H3/t10-/m0/s1. The van der Waals surface area contributed by atoms with Crippen LogP contribution in [0.5, 0.6) is 0 Å². The fourth-order valence-electron chi connectivity index (χ4n) is 1.79. The number of hydrogen-bond donors (Lipinski definition) is 1. The number of aliphatic hydroxyl groups is 1. The lowest BCUT2D eigenvalue weighted by molar-refractivity contribution is -0.123. The molecule has 0 radical (unpaired) electrons. The van der Waals surface area contributed by atoms with E-state index in [9.17, 15) is 18.3 Å². The first kappa shape index (κ1) is 12.1. The van der Waals surface area contributed by atoms with E-state index in [1.54, 1.807) is 12.1 Å². The molecule has 1 amide bonds. The number of carbonyl (C=O) groups is 1. The van der Waals surface area contributed by atoms with Crippen molar-refractivity contribution in [2.45, 2.75) is 17.4 Å². The third-order valence-electron chi connectivity index (χ3n) is 2.75. The second-order valence-corrected chi connectivity index (χ2v) is 6.08. The lowest BCUT2D eigenvalue weighted by Gasteiger charge is -2.15. The number of amides is 1. The highest BCUT2D eigenvalue weighted by Crippen LogP contribution is 2.23. The normalized spacial score (nSPS) is 20.9. The molecular formula is C11H13NO4S. The number of carbonyl (C=O) groups excluding carboxylic acids is 1. The lowest BCUT2D eigenvalue weighted by atomic mass is 10.3. The van der Waals surface area contributed by atoms with Crippen LogP contribution in [0.25, 0.3) is 0 Å². The van der Waals surface area contributed by atoms with E-state index in [1.807, 2.05) is 0 Å². The maximum atomic E-state index is 11.5. The van der Waals surface area contributed by atoms with Gasteiger partial charge in [-0.15, -0.1) is 0 Å². The van der Waals surface area contributed by atoms with Crippen molar-refractivity contribution in [1.82, 2.24) is 0 Å². The summed E-state index contributed by atoms with van der Waals surface area (Å²) in [4.78, 5) is 13.2. The molecule has 1 heterocycles. The minimum absolute atomic E-state index is 0.216. The first-order chi connectivity index (χ1) is 7.89. The zero-order valence-corrected chi connectivity index (χ0v) is 10.1. The van der Waals surface area contributed by atoms with Crippen molar-refractivity contribution in [3.63, 3.8) is 0 Å². The van der Waals surface area contributed by atoms with E-state index >= 15 is 0 Å². The Hall–Kier alpha value is -1.40. The largest absolute Gasteiger partial charge is 0.383 e. The van der Waals surface area contributed by atoms with E-state index in [1.165, 1.54) is 17.0 Å². The van der Waals surface area contributed by atoms with E-state index in [0.29, 0.717) is 18.7 Å². The average Bonchev–Trinajstić information content (AvgIpc) is 2.59. The van der Waals surface area contributed by atoms with Gasteiger partial charge < -0.3 is 10.0 Å². The van der Waals surface area contributed by atoms with Crippen molar-refractivity contribution in [2.24, 2.45) is 0 Å². The monoisotopic (exact) mass is 255 g/mol. The minimum Gasteiger partial charge on any atom is -0.383 e. The van der Waals surface area contributed by atoms with Gasteiger partial charge in [0.15, 0.2) is 9.84 Å². The van der Waals surface area contributed by atoms with Crippen LogP contribution in [-0.2, 0) is 14.6 Å². The molecule has 2 rings (SSSR count). The van der Waals surface area contributed by atoms with Crippen molar-refractivity contribution in [1.29, 1.82) is 0 Å². The van der Waals surface area contributed by atoms with Crippen molar-refractivity contribution in [3.05, 3.63) is 24.3 Å². The highest BCUT2D eigenvalue weighted by Gasteiger charge is 2.30. The summed E-state index contributed by atoms with van der Waals surface area (Å²) >= 11 is 0. The van der Waals surface area contributed by atoms with Gasteiger partial charge in [0, 0.05) is 24.9 Å². The summed E-state index contributed by atoms with van der Waals surface area (Å²) in [7, 11) is -3.22. The van der Waals surface area contributed by atoms with Gasteiger partial charge in [-0.2, -0.15) is 0 Å². The first-order valence-electron chi connectivity index (χ1n) is 5.19. The summed E-state index contributed by atoms with van der Waals surface area (Å²) in [6, 6.07) is 6.07. The Morgan fingerprint density at radius 1 is 1.29 bits per heavy atom. The van der Waals surface area contributed by atoms with Crippen molar-refractivity contribution in [2.75, 3.05) is 17.7 Å². The molecule has 0 spiro atoms. The van der Waals surface area contributed by atoms with Gasteiger partial charge in [-0.3, -0.25) is 4.79 Å². The topological polar surface area (TPSA) is 74.7 Å². The van der Waals surface area contributed by atoms with Crippen molar-refractivity contribution in [3.8, 4) is 0 Å². The Balaban J connectivity index is 2.28. The van der Waals surface area contributed by atoms with Crippen LogP contribution in [0, 0.1) is 0 Å². The molecule has 1 atom stereocenters. The molecule has 6 heteroatoms. The molecule has 0 aromatic heterocycles. The number of aliphatic hydroxyl groups excluding tert-OH is 1. The predicted octanol–water partition coefficient (Wildman–Crippen LogP) is 0.188. The van der Waals surface area contributed by atoms with Crippen LogP contribution in [0.1, 0.15) is 6.42 Å². The van der Waals surface area contributed by atoms with Gasteiger partial charge in [0.25, 0.3) is 5.91 Å². The Morgan fingerprint density at radius 2 is 1.88 bits per heavy atom. The third-order valence-corrected chi connectivity index (χ3v) is 3.88. The molecule has 0 unspecified atom stereocenters. The first-order valence-corrected chi connectivity index (χ1v) is 7.08. The SMILES string of the molecule is CS(=O)(=O)c1ccc(N2CC[C@H](O)C2=O)cc1. The molecule has 92 valence electrons. The zero-order valence-electron chi connectivity index (χ0n) is 9.33. The molecule has 5 nitrogen and oxygen atoms in total. The number of nitrogens with zero attached hydrogens (tertiary/aromatic N) is 1. The molecule has 1 aliphatic heterocycles. The fraction of sp³-hybridized carbons (Fsp3) is 0.364. The van der Waals surface area contributed by atoms with Crippen LogP contribution in [0.3, 0.4) is 0 Å². The molecule has 1 aliphatic rings. The van der Waals surface area contributed by atoms with Gasteiger partial charge in [0.1, 0.15) is 6.10 Å². The Morgan fingerprint density at radius 3 is 2.29 bits per heavy atom. The summed E-state index contributed by atoms with van der Waals surface area (Å²) in [5.74, 6) is -0.336. The molecule has 1 fully saturated rings. The second-order valence-electron chi connectivity index (χ2n) is 4.06. The number of benzene rings is 1. The van der Waals surface area contributed by atoms with Crippen molar-refractivity contribution >= 4 is 21.4 Å². The fourth-order valence-corrected chi connectivity index (χ4v) is 2.43. The molecule has 0 saturated carbocycles. The third kappa shape index (κ3) is 2.32.